The second-order valence-electron chi connectivity index (χ2n) is 12.1. The van der Waals surface area contributed by atoms with Gasteiger partial charge >= 0.3 is 6.09 Å². The molecule has 2 aliphatic heterocycles. The van der Waals surface area contributed by atoms with Crippen molar-refractivity contribution in [3.63, 3.8) is 0 Å². The van der Waals surface area contributed by atoms with Gasteiger partial charge < -0.3 is 18.9 Å². The molecule has 0 aromatic carbocycles. The van der Waals surface area contributed by atoms with Crippen LogP contribution < -0.4 is 4.74 Å². The first-order chi connectivity index (χ1) is 20.5. The van der Waals surface area contributed by atoms with E-state index in [1.807, 2.05) is 39.8 Å². The number of imidazole rings is 2. The number of ether oxygens (including phenoxy) is 2. The van der Waals surface area contributed by atoms with E-state index in [1.54, 1.807) is 15.4 Å². The molecule has 224 valence electrons. The Bertz CT molecular complexity index is 1720. The number of likely N-dealkylation sites (tertiary alicyclic amines) is 1. The van der Waals surface area contributed by atoms with Crippen molar-refractivity contribution >= 4 is 11.7 Å². The molecular formula is C31H35FN8O3. The van der Waals surface area contributed by atoms with E-state index in [2.05, 4.69) is 32.4 Å². The van der Waals surface area contributed by atoms with Gasteiger partial charge in [0.05, 0.1) is 30.3 Å². The van der Waals surface area contributed by atoms with Crippen molar-refractivity contribution in [2.75, 3.05) is 19.6 Å². The summed E-state index contributed by atoms with van der Waals surface area (Å²) in [5.74, 6) is 0.954. The molecule has 2 aliphatic rings. The van der Waals surface area contributed by atoms with E-state index in [0.717, 1.165) is 48.5 Å². The Morgan fingerprint density at radius 2 is 1.98 bits per heavy atom. The van der Waals surface area contributed by atoms with Gasteiger partial charge in [0.25, 0.3) is 0 Å². The van der Waals surface area contributed by atoms with Gasteiger partial charge in [0.15, 0.2) is 0 Å². The Morgan fingerprint density at radius 3 is 2.70 bits per heavy atom. The van der Waals surface area contributed by atoms with E-state index in [4.69, 9.17) is 14.5 Å². The summed E-state index contributed by atoms with van der Waals surface area (Å²) in [6.45, 7) is 13.2. The zero-order valence-corrected chi connectivity index (χ0v) is 25.0. The predicted molar refractivity (Wildman–Crippen MR) is 156 cm³/mol. The second-order valence-corrected chi connectivity index (χ2v) is 12.1. The first-order valence-electron chi connectivity index (χ1n) is 14.5. The number of rotatable bonds is 5. The number of carbonyl (C=O) groups excluding carboxylic acids is 1. The number of nitriles is 1. The van der Waals surface area contributed by atoms with Crippen LogP contribution in [0.2, 0.25) is 0 Å². The third-order valence-corrected chi connectivity index (χ3v) is 8.01. The molecule has 0 radical (unpaired) electrons. The summed E-state index contributed by atoms with van der Waals surface area (Å²) < 4.78 is 29.2. The van der Waals surface area contributed by atoms with Crippen molar-refractivity contribution in [1.29, 1.82) is 5.26 Å². The highest BCUT2D eigenvalue weighted by Gasteiger charge is 2.35. The number of hydrogen-bond acceptors (Lipinski definition) is 8. The molecule has 12 heteroatoms. The van der Waals surface area contributed by atoms with Crippen LogP contribution in [0.15, 0.2) is 36.7 Å². The van der Waals surface area contributed by atoms with E-state index in [-0.39, 0.29) is 12.1 Å². The molecule has 0 bridgehead atoms. The monoisotopic (exact) mass is 586 g/mol. The number of aromatic nitrogens is 5. The van der Waals surface area contributed by atoms with Gasteiger partial charge in [0.2, 0.25) is 5.88 Å². The van der Waals surface area contributed by atoms with Crippen LogP contribution >= 0.6 is 0 Å². The molecule has 43 heavy (non-hydrogen) atoms. The zero-order chi connectivity index (χ0) is 30.5. The van der Waals surface area contributed by atoms with Crippen molar-refractivity contribution < 1.29 is 18.7 Å². The van der Waals surface area contributed by atoms with Crippen LogP contribution in [0.5, 0.6) is 5.88 Å². The lowest BCUT2D eigenvalue weighted by molar-refractivity contribution is 0.0275. The van der Waals surface area contributed by atoms with Crippen LogP contribution in [-0.4, -0.2) is 71.1 Å². The summed E-state index contributed by atoms with van der Waals surface area (Å²) in [5.41, 5.74) is 3.61. The molecular weight excluding hydrogens is 551 g/mol. The molecule has 0 saturated carbocycles. The molecule has 1 fully saturated rings. The van der Waals surface area contributed by atoms with Crippen molar-refractivity contribution in [1.82, 2.24) is 33.7 Å². The molecule has 0 N–H and O–H groups in total. The van der Waals surface area contributed by atoms with Gasteiger partial charge in [-0.25, -0.2) is 19.2 Å². The summed E-state index contributed by atoms with van der Waals surface area (Å²) in [4.78, 5) is 30.5. The average molecular weight is 587 g/mol. The quantitative estimate of drug-likeness (QED) is 0.325. The van der Waals surface area contributed by atoms with E-state index >= 15 is 0 Å². The Labute approximate surface area is 249 Å². The van der Waals surface area contributed by atoms with Crippen LogP contribution in [0.25, 0.3) is 16.9 Å². The van der Waals surface area contributed by atoms with Crippen molar-refractivity contribution in [2.45, 2.75) is 71.9 Å². The summed E-state index contributed by atoms with van der Waals surface area (Å²) in [6, 6.07) is 9.11. The first-order valence-corrected chi connectivity index (χ1v) is 14.5. The minimum absolute atomic E-state index is 0.244. The minimum atomic E-state index is -0.519. The zero-order valence-electron chi connectivity index (χ0n) is 25.0. The lowest BCUT2D eigenvalue weighted by Crippen LogP contribution is -2.44. The molecule has 6 heterocycles. The third kappa shape index (κ3) is 5.64. The standard InChI is InChI=1S/C31H35FN8O3/c1-19-29(36-27-18-37(10-11-39(19)27)23-8-9-38(17-23)30(41)43-31(3,4)5)21-12-26-35-16-24(14-33)40(26)28(13-21)42-20(2)25-7-6-22(32)15-34-25/h6-7,12-13,15-16,20,23H,8-11,17-18H2,1-5H3. The van der Waals surface area contributed by atoms with Crippen molar-refractivity contribution in [2.24, 2.45) is 0 Å². The highest BCUT2D eigenvalue weighted by atomic mass is 19.1. The third-order valence-electron chi connectivity index (χ3n) is 8.01. The van der Waals surface area contributed by atoms with Gasteiger partial charge in [0, 0.05) is 49.5 Å². The number of amides is 1. The summed E-state index contributed by atoms with van der Waals surface area (Å²) in [6.07, 6.45) is 2.79. The molecule has 4 aromatic heterocycles. The molecule has 11 nitrogen and oxygen atoms in total. The molecule has 2 atom stereocenters. The summed E-state index contributed by atoms with van der Waals surface area (Å²) in [7, 11) is 0. The van der Waals surface area contributed by atoms with E-state index < -0.39 is 17.5 Å². The molecule has 0 aliphatic carbocycles. The van der Waals surface area contributed by atoms with Crippen LogP contribution in [0.4, 0.5) is 9.18 Å². The van der Waals surface area contributed by atoms with Gasteiger partial charge in [-0.15, -0.1) is 0 Å². The minimum Gasteiger partial charge on any atom is -0.469 e. The topological polar surface area (TPSA) is 114 Å². The fourth-order valence-corrected chi connectivity index (χ4v) is 5.87. The fourth-order valence-electron chi connectivity index (χ4n) is 5.87. The summed E-state index contributed by atoms with van der Waals surface area (Å²) >= 11 is 0. The largest absolute Gasteiger partial charge is 0.469 e. The van der Waals surface area contributed by atoms with E-state index in [0.29, 0.717) is 42.5 Å². The van der Waals surface area contributed by atoms with Crippen molar-refractivity contribution in [3.05, 3.63) is 65.4 Å². The van der Waals surface area contributed by atoms with Gasteiger partial charge in [-0.3, -0.25) is 14.3 Å². The van der Waals surface area contributed by atoms with Crippen LogP contribution in [0.1, 0.15) is 63.1 Å². The number of halogens is 1. The van der Waals surface area contributed by atoms with Gasteiger partial charge in [-0.2, -0.15) is 5.26 Å². The Morgan fingerprint density at radius 1 is 1.16 bits per heavy atom. The highest BCUT2D eigenvalue weighted by Crippen LogP contribution is 2.33. The molecule has 6 rings (SSSR count). The number of carbonyl (C=O) groups is 1. The number of fused-ring (bicyclic) bond motifs is 2. The lowest BCUT2D eigenvalue weighted by atomic mass is 10.1. The van der Waals surface area contributed by atoms with Crippen molar-refractivity contribution in [3.8, 4) is 23.2 Å². The van der Waals surface area contributed by atoms with Gasteiger partial charge in [-0.05, 0) is 59.2 Å². The predicted octanol–water partition coefficient (Wildman–Crippen LogP) is 4.88. The first kappa shape index (κ1) is 28.6. The second kappa shape index (κ2) is 11.0. The SMILES string of the molecule is Cc1c(-c2cc(OC(C)c3ccc(F)cn3)n3c(C#N)cnc3c2)nc2n1CCN(C1CCN(C(=O)OC(C)(C)C)C1)C2. The molecule has 4 aromatic rings. The van der Waals surface area contributed by atoms with Crippen LogP contribution in [-0.2, 0) is 17.8 Å². The highest BCUT2D eigenvalue weighted by molar-refractivity contribution is 5.70. The molecule has 1 saturated heterocycles. The lowest BCUT2D eigenvalue weighted by Gasteiger charge is -2.33. The van der Waals surface area contributed by atoms with Gasteiger partial charge in [0.1, 0.15) is 40.8 Å². The summed E-state index contributed by atoms with van der Waals surface area (Å²) in [5, 5.41) is 9.71. The number of pyridine rings is 2. The number of nitrogens with zero attached hydrogens (tertiary/aromatic N) is 8. The smallest absolute Gasteiger partial charge is 0.410 e. The Kier molecular flexibility index (Phi) is 7.30. The maximum atomic E-state index is 13.4. The fraction of sp³-hybridized carbons (Fsp3) is 0.452. The maximum absolute atomic E-state index is 13.4. The van der Waals surface area contributed by atoms with E-state index in [9.17, 15) is 14.4 Å². The molecule has 2 unspecified atom stereocenters. The Balaban J connectivity index is 1.26. The van der Waals surface area contributed by atoms with Gasteiger partial charge in [-0.1, -0.05) is 0 Å². The normalized spacial score (nSPS) is 18.0. The van der Waals surface area contributed by atoms with Crippen LogP contribution in [0.3, 0.4) is 0 Å². The van der Waals surface area contributed by atoms with E-state index in [1.165, 1.54) is 12.3 Å². The molecule has 1 amide bonds. The average Bonchev–Trinajstić information content (AvgIpc) is 3.70. The Hall–Kier alpha value is -4.50. The molecule has 0 spiro atoms. The number of hydrogen-bond donors (Lipinski definition) is 0. The maximum Gasteiger partial charge on any atom is 0.410 e. The van der Waals surface area contributed by atoms with Crippen LogP contribution in [0, 0.1) is 24.1 Å².